The minimum atomic E-state index is -5.08. The summed E-state index contributed by atoms with van der Waals surface area (Å²) in [6.45, 7) is 0.291. The number of aromatic nitrogens is 1. The first-order valence-electron chi connectivity index (χ1n) is 12.4. The van der Waals surface area contributed by atoms with Gasteiger partial charge in [0.1, 0.15) is 11.6 Å². The molecule has 0 bridgehead atoms. The van der Waals surface area contributed by atoms with Crippen molar-refractivity contribution in [3.8, 4) is 0 Å². The summed E-state index contributed by atoms with van der Waals surface area (Å²) in [4.78, 5) is 51.6. The van der Waals surface area contributed by atoms with Crippen LogP contribution in [0.4, 0.5) is 13.2 Å². The predicted molar refractivity (Wildman–Crippen MR) is 148 cm³/mol. The molecule has 224 valence electrons. The van der Waals surface area contributed by atoms with Crippen LogP contribution >= 0.6 is 0 Å². The van der Waals surface area contributed by atoms with Gasteiger partial charge in [-0.2, -0.15) is 13.2 Å². The van der Waals surface area contributed by atoms with Gasteiger partial charge in [-0.25, -0.2) is 9.59 Å². The minimum absolute atomic E-state index is 0.0557. The van der Waals surface area contributed by atoms with Crippen molar-refractivity contribution in [3.05, 3.63) is 106 Å². The Labute approximate surface area is 238 Å². The zero-order valence-electron chi connectivity index (χ0n) is 22.5. The lowest BCUT2D eigenvalue weighted by molar-refractivity contribution is -0.192. The van der Waals surface area contributed by atoms with Gasteiger partial charge in [-0.1, -0.05) is 60.7 Å². The number of nitrogens with zero attached hydrogens (tertiary/aromatic N) is 2. The van der Waals surface area contributed by atoms with E-state index in [1.807, 2.05) is 60.7 Å². The topological polar surface area (TPSA) is 179 Å². The normalized spacial score (nSPS) is 11.5. The number of guanidine groups is 1. The average molecular weight is 590 g/mol. The van der Waals surface area contributed by atoms with Crippen LogP contribution in [0.3, 0.4) is 0 Å². The highest BCUT2D eigenvalue weighted by Crippen LogP contribution is 2.25. The number of methoxy groups -OCH3 is 1. The predicted octanol–water partition coefficient (Wildman–Crippen LogP) is 2.44. The number of carbonyl (C=O) groups is 3. The summed E-state index contributed by atoms with van der Waals surface area (Å²) < 4.78 is 38.1. The monoisotopic (exact) mass is 589 g/mol. The zero-order chi connectivity index (χ0) is 31.3. The van der Waals surface area contributed by atoms with Gasteiger partial charge in [-0.15, -0.1) is 0 Å². The van der Waals surface area contributed by atoms with Crippen LogP contribution in [0.1, 0.15) is 40.4 Å². The van der Waals surface area contributed by atoms with E-state index >= 15 is 0 Å². The lowest BCUT2D eigenvalue weighted by Crippen LogP contribution is -2.44. The number of alkyl halides is 3. The second-order valence-electron chi connectivity index (χ2n) is 8.66. The van der Waals surface area contributed by atoms with Gasteiger partial charge in [0, 0.05) is 12.7 Å². The molecule has 0 unspecified atom stereocenters. The highest BCUT2D eigenvalue weighted by molar-refractivity contribution is 5.96. The molecule has 0 radical (unpaired) electrons. The third-order valence-corrected chi connectivity index (χ3v) is 5.71. The number of carboxylic acid groups (broad SMARTS) is 1. The van der Waals surface area contributed by atoms with E-state index in [-0.39, 0.29) is 17.9 Å². The van der Waals surface area contributed by atoms with Crippen molar-refractivity contribution in [2.24, 2.45) is 16.5 Å². The summed E-state index contributed by atoms with van der Waals surface area (Å²) in [5.41, 5.74) is 11.9. The van der Waals surface area contributed by atoms with Crippen LogP contribution in [0, 0.1) is 0 Å². The first kappa shape index (κ1) is 33.1. The zero-order valence-corrected chi connectivity index (χ0v) is 22.5. The maximum absolute atomic E-state index is 13.5. The van der Waals surface area contributed by atoms with Crippen LogP contribution in [0.2, 0.25) is 0 Å². The molecule has 0 spiro atoms. The van der Waals surface area contributed by atoms with Crippen molar-refractivity contribution < 1.29 is 37.4 Å². The molecule has 1 atom stereocenters. The van der Waals surface area contributed by atoms with Gasteiger partial charge in [0.25, 0.3) is 11.5 Å². The highest BCUT2D eigenvalue weighted by Gasteiger charge is 2.38. The number of nitrogens with one attached hydrogen (secondary N) is 1. The molecule has 14 heteroatoms. The number of nitrogens with two attached hydrogens (primary N) is 2. The summed E-state index contributed by atoms with van der Waals surface area (Å²) in [5.74, 6) is -4.10. The molecule has 0 aliphatic heterocycles. The van der Waals surface area contributed by atoms with E-state index in [0.717, 1.165) is 11.1 Å². The van der Waals surface area contributed by atoms with Crippen LogP contribution < -0.4 is 22.3 Å². The fraction of sp³-hybridized carbons (Fsp3) is 0.250. The van der Waals surface area contributed by atoms with Gasteiger partial charge < -0.3 is 31.2 Å². The van der Waals surface area contributed by atoms with E-state index in [2.05, 4.69) is 10.3 Å². The van der Waals surface area contributed by atoms with E-state index in [9.17, 15) is 27.6 Å². The molecule has 3 aromatic rings. The summed E-state index contributed by atoms with van der Waals surface area (Å²) >= 11 is 0. The average Bonchev–Trinajstić information content (AvgIpc) is 2.96. The van der Waals surface area contributed by atoms with Crippen molar-refractivity contribution in [2.75, 3.05) is 13.7 Å². The first-order chi connectivity index (χ1) is 19.9. The summed E-state index contributed by atoms with van der Waals surface area (Å²) in [7, 11) is 1.23. The maximum atomic E-state index is 13.5. The van der Waals surface area contributed by atoms with Gasteiger partial charge >= 0.3 is 18.1 Å². The number of aliphatic carboxylic acids is 1. The molecule has 0 aliphatic carbocycles. The largest absolute Gasteiger partial charge is 0.490 e. The molecular formula is C28H30F3N5O6. The second kappa shape index (κ2) is 15.6. The molecule has 1 aromatic heterocycles. The molecule has 2 aromatic carbocycles. The minimum Gasteiger partial charge on any atom is -0.475 e. The summed E-state index contributed by atoms with van der Waals surface area (Å²) in [6, 6.07) is 20.8. The molecule has 3 rings (SSSR count). The SMILES string of the molecule is COC(=O)[C@H](CCCN=C(N)N)NC(=O)c1cccn(C(c2ccccc2)c2ccccc2)c1=O.O=C(O)C(F)(F)F. The summed E-state index contributed by atoms with van der Waals surface area (Å²) in [5, 5.41) is 9.75. The molecule has 11 nitrogen and oxygen atoms in total. The van der Waals surface area contributed by atoms with Crippen molar-refractivity contribution in [3.63, 3.8) is 0 Å². The number of ether oxygens (including phenoxy) is 1. The molecule has 0 aliphatic rings. The van der Waals surface area contributed by atoms with E-state index in [1.165, 1.54) is 17.7 Å². The molecule has 6 N–H and O–H groups in total. The third kappa shape index (κ3) is 9.80. The Balaban J connectivity index is 0.000000782. The fourth-order valence-corrected chi connectivity index (χ4v) is 3.80. The van der Waals surface area contributed by atoms with Crippen molar-refractivity contribution >= 4 is 23.8 Å². The van der Waals surface area contributed by atoms with E-state index in [0.29, 0.717) is 13.0 Å². The van der Waals surface area contributed by atoms with Crippen molar-refractivity contribution in [1.82, 2.24) is 9.88 Å². The quantitative estimate of drug-likeness (QED) is 0.120. The number of hydrogen-bond acceptors (Lipinski definition) is 6. The Morgan fingerprint density at radius 3 is 1.95 bits per heavy atom. The van der Waals surface area contributed by atoms with Gasteiger partial charge in [-0.3, -0.25) is 14.6 Å². The Hall–Kier alpha value is -5.14. The third-order valence-electron chi connectivity index (χ3n) is 5.71. The van der Waals surface area contributed by atoms with E-state index < -0.39 is 41.7 Å². The van der Waals surface area contributed by atoms with E-state index in [4.69, 9.17) is 26.1 Å². The van der Waals surface area contributed by atoms with Gasteiger partial charge in [0.05, 0.1) is 13.2 Å². The number of pyridine rings is 1. The number of hydrogen-bond donors (Lipinski definition) is 4. The first-order valence-corrected chi connectivity index (χ1v) is 12.4. The molecule has 1 amide bonds. The van der Waals surface area contributed by atoms with Crippen LogP contribution in [0.25, 0.3) is 0 Å². The van der Waals surface area contributed by atoms with Crippen molar-refractivity contribution in [1.29, 1.82) is 0 Å². The lowest BCUT2D eigenvalue weighted by Gasteiger charge is -2.22. The smallest absolute Gasteiger partial charge is 0.475 e. The Bertz CT molecular complexity index is 1390. The summed E-state index contributed by atoms with van der Waals surface area (Å²) in [6.07, 6.45) is -2.76. The Kier molecular flexibility index (Phi) is 12.3. The molecule has 1 heterocycles. The Morgan fingerprint density at radius 1 is 0.976 bits per heavy atom. The van der Waals surface area contributed by atoms with Gasteiger partial charge in [0.2, 0.25) is 0 Å². The fourth-order valence-electron chi connectivity index (χ4n) is 3.80. The Morgan fingerprint density at radius 2 is 1.50 bits per heavy atom. The van der Waals surface area contributed by atoms with Gasteiger partial charge in [-0.05, 0) is 36.1 Å². The maximum Gasteiger partial charge on any atom is 0.490 e. The number of halogens is 3. The molecule has 0 saturated heterocycles. The van der Waals surface area contributed by atoms with Crippen LogP contribution in [0.15, 0.2) is 88.8 Å². The number of carboxylic acids is 1. The molecular weight excluding hydrogens is 559 g/mol. The van der Waals surface area contributed by atoms with Crippen LogP contribution in [-0.4, -0.2) is 59.4 Å². The van der Waals surface area contributed by atoms with E-state index in [1.54, 1.807) is 12.3 Å². The molecule has 42 heavy (non-hydrogen) atoms. The lowest BCUT2D eigenvalue weighted by atomic mass is 9.98. The van der Waals surface area contributed by atoms with Crippen LogP contribution in [0.5, 0.6) is 0 Å². The van der Waals surface area contributed by atoms with Crippen molar-refractivity contribution in [2.45, 2.75) is 31.1 Å². The molecule has 0 saturated carbocycles. The number of carbonyl (C=O) groups excluding carboxylic acids is 2. The van der Waals surface area contributed by atoms with Crippen LogP contribution in [-0.2, 0) is 14.3 Å². The second-order valence-corrected chi connectivity index (χ2v) is 8.66. The van der Waals surface area contributed by atoms with Gasteiger partial charge in [0.15, 0.2) is 5.96 Å². The standard InChI is InChI=1S/C26H29N5O4.C2HF3O2/c1-35-25(34)21(15-8-16-29-26(27)28)30-23(32)20-14-9-17-31(24(20)33)22(18-10-4-2-5-11-18)19-12-6-3-7-13-19;3-2(4,5)1(6)7/h2-7,9-14,17,21-22H,8,15-16H2,1H3,(H,30,32)(H4,27,28,29);(H,6,7)/t21-;/m0./s1. The number of benzene rings is 2. The number of esters is 1. The number of amides is 1. The number of rotatable bonds is 10. The molecule has 0 fully saturated rings. The number of aliphatic imine (C=N–C) groups is 1. The highest BCUT2D eigenvalue weighted by atomic mass is 19.4.